The van der Waals surface area contributed by atoms with Crippen LogP contribution in [0.4, 0.5) is 5.69 Å². The lowest BCUT2D eigenvalue weighted by Crippen LogP contribution is -2.40. The number of fused-ring (bicyclic) bond motifs is 1. The first-order chi connectivity index (χ1) is 15.4. The predicted molar refractivity (Wildman–Crippen MR) is 116 cm³/mol. The third-order valence-electron chi connectivity index (χ3n) is 6.38. The van der Waals surface area contributed by atoms with Gasteiger partial charge in [0.2, 0.25) is 0 Å². The number of carbonyl (C=O) groups excluding carboxylic acids is 3. The molecule has 1 fully saturated rings. The number of aromatic nitrogens is 4. The quantitative estimate of drug-likeness (QED) is 0.408. The largest absolute Gasteiger partial charge is 0.340 e. The highest BCUT2D eigenvalue weighted by Crippen LogP contribution is 2.44. The Bertz CT molecular complexity index is 1220. The number of aromatic amines is 1. The van der Waals surface area contributed by atoms with E-state index in [1.54, 1.807) is 13.1 Å². The average molecular weight is 432 g/mol. The fourth-order valence-electron chi connectivity index (χ4n) is 4.53. The molecular formula is C23H24N6O3. The number of ketones is 1. The van der Waals surface area contributed by atoms with Gasteiger partial charge in [-0.15, -0.1) is 5.10 Å². The number of nitrogens with zero attached hydrogens (tertiary/aromatic N) is 3. The van der Waals surface area contributed by atoms with E-state index >= 15 is 0 Å². The van der Waals surface area contributed by atoms with Gasteiger partial charge in [-0.25, -0.2) is 0 Å². The van der Waals surface area contributed by atoms with E-state index < -0.39 is 17.2 Å². The number of nitrogens with one attached hydrogen (secondary N) is 3. The summed E-state index contributed by atoms with van der Waals surface area (Å²) in [4.78, 5) is 39.3. The lowest BCUT2D eigenvalue weighted by Gasteiger charge is -2.14. The number of hydrogen-bond donors (Lipinski definition) is 3. The predicted octanol–water partition coefficient (Wildman–Crippen LogP) is 2.41. The second kappa shape index (κ2) is 7.44. The number of aryl methyl sites for hydroxylation is 1. The SMILES string of the molecule is Cc1ccc(NC(=O)c2c(C)c(C(=O)C(=O)NC3(c4c[nH]nn4)CC3)c3n2CCC3)cc1. The number of rotatable bonds is 6. The zero-order valence-corrected chi connectivity index (χ0v) is 18.0. The summed E-state index contributed by atoms with van der Waals surface area (Å²) in [6.45, 7) is 4.36. The maximum Gasteiger partial charge on any atom is 0.293 e. The lowest BCUT2D eigenvalue weighted by atomic mass is 10.0. The van der Waals surface area contributed by atoms with Gasteiger partial charge < -0.3 is 15.2 Å². The van der Waals surface area contributed by atoms with Crippen molar-refractivity contribution in [3.63, 3.8) is 0 Å². The summed E-state index contributed by atoms with van der Waals surface area (Å²) < 4.78 is 1.88. The summed E-state index contributed by atoms with van der Waals surface area (Å²) in [5.41, 5.74) is 3.83. The second-order valence-corrected chi connectivity index (χ2v) is 8.59. The van der Waals surface area contributed by atoms with Crippen molar-refractivity contribution < 1.29 is 14.4 Å². The minimum atomic E-state index is -0.681. The van der Waals surface area contributed by atoms with Crippen molar-refractivity contribution in [2.45, 2.75) is 51.6 Å². The van der Waals surface area contributed by atoms with E-state index in [4.69, 9.17) is 0 Å². The summed E-state index contributed by atoms with van der Waals surface area (Å²) in [6, 6.07) is 7.53. The van der Waals surface area contributed by atoms with Crippen LogP contribution in [-0.2, 0) is 23.3 Å². The van der Waals surface area contributed by atoms with Gasteiger partial charge in [-0.3, -0.25) is 19.5 Å². The lowest BCUT2D eigenvalue weighted by molar-refractivity contribution is -0.118. The molecule has 3 aromatic rings. The molecule has 0 unspecified atom stereocenters. The molecule has 9 nitrogen and oxygen atoms in total. The van der Waals surface area contributed by atoms with Gasteiger partial charge in [-0.2, -0.15) is 0 Å². The van der Waals surface area contributed by atoms with Crippen LogP contribution in [0.5, 0.6) is 0 Å². The van der Waals surface area contributed by atoms with Gasteiger partial charge in [0.1, 0.15) is 11.4 Å². The third-order valence-corrected chi connectivity index (χ3v) is 6.38. The van der Waals surface area contributed by atoms with E-state index in [0.29, 0.717) is 54.0 Å². The minimum Gasteiger partial charge on any atom is -0.340 e. The first-order valence-electron chi connectivity index (χ1n) is 10.7. The number of carbonyl (C=O) groups is 3. The molecular weight excluding hydrogens is 408 g/mol. The highest BCUT2D eigenvalue weighted by atomic mass is 16.2. The molecule has 2 amide bonds. The van der Waals surface area contributed by atoms with Crippen LogP contribution in [0.1, 0.15) is 62.6 Å². The highest BCUT2D eigenvalue weighted by Gasteiger charge is 2.49. The van der Waals surface area contributed by atoms with Crippen molar-refractivity contribution >= 4 is 23.3 Å². The number of amides is 2. The van der Waals surface area contributed by atoms with Crippen LogP contribution >= 0.6 is 0 Å². The standard InChI is InChI=1S/C23H24N6O3/c1-13-5-7-15(8-6-13)25-21(31)19-14(2)18(16-4-3-11-29(16)19)20(30)22(32)26-23(9-10-23)17-12-24-28-27-17/h5-8,12H,3-4,9-11H2,1-2H3,(H,25,31)(H,26,32)(H,24,27,28). The summed E-state index contributed by atoms with van der Waals surface area (Å²) >= 11 is 0. The van der Waals surface area contributed by atoms with Crippen molar-refractivity contribution in [1.82, 2.24) is 25.3 Å². The van der Waals surface area contributed by atoms with Crippen LogP contribution in [0.3, 0.4) is 0 Å². The molecule has 1 saturated carbocycles. The minimum absolute atomic E-state index is 0.282. The summed E-state index contributed by atoms with van der Waals surface area (Å²) in [7, 11) is 0. The zero-order valence-electron chi connectivity index (χ0n) is 18.0. The first-order valence-corrected chi connectivity index (χ1v) is 10.7. The normalized spacial score (nSPS) is 15.8. The van der Waals surface area contributed by atoms with E-state index in [2.05, 4.69) is 26.0 Å². The molecule has 3 heterocycles. The zero-order chi connectivity index (χ0) is 22.5. The molecule has 5 rings (SSSR count). The van der Waals surface area contributed by atoms with E-state index in [9.17, 15) is 14.4 Å². The number of anilines is 1. The Morgan fingerprint density at radius 3 is 2.53 bits per heavy atom. The molecule has 0 bridgehead atoms. The van der Waals surface area contributed by atoms with Crippen molar-refractivity contribution in [3.8, 4) is 0 Å². The van der Waals surface area contributed by atoms with Crippen molar-refractivity contribution in [3.05, 3.63) is 64.2 Å². The Hall–Kier alpha value is -3.75. The van der Waals surface area contributed by atoms with Gasteiger partial charge in [0.15, 0.2) is 0 Å². The number of Topliss-reactive ketones (excluding diaryl/α,β-unsaturated/α-hetero) is 1. The third kappa shape index (κ3) is 3.30. The molecule has 1 aromatic carbocycles. The van der Waals surface area contributed by atoms with E-state index in [0.717, 1.165) is 17.7 Å². The molecule has 9 heteroatoms. The van der Waals surface area contributed by atoms with Crippen LogP contribution in [0.15, 0.2) is 30.5 Å². The summed E-state index contributed by atoms with van der Waals surface area (Å²) in [5.74, 6) is -1.58. The fraction of sp³-hybridized carbons (Fsp3) is 0.348. The molecule has 0 atom stereocenters. The Kier molecular flexibility index (Phi) is 4.69. The number of hydrogen-bond acceptors (Lipinski definition) is 5. The Morgan fingerprint density at radius 2 is 1.88 bits per heavy atom. The first kappa shape index (κ1) is 20.2. The van der Waals surface area contributed by atoms with Crippen molar-refractivity contribution in [2.75, 3.05) is 5.32 Å². The van der Waals surface area contributed by atoms with E-state index in [-0.39, 0.29) is 5.91 Å². The molecule has 3 N–H and O–H groups in total. The van der Waals surface area contributed by atoms with Crippen LogP contribution in [0.25, 0.3) is 0 Å². The molecule has 2 aliphatic rings. The molecule has 0 spiro atoms. The van der Waals surface area contributed by atoms with Gasteiger partial charge in [0.25, 0.3) is 17.6 Å². The van der Waals surface area contributed by atoms with Crippen molar-refractivity contribution in [1.29, 1.82) is 0 Å². The Labute approximate surface area is 184 Å². The van der Waals surface area contributed by atoms with Crippen LogP contribution in [0, 0.1) is 13.8 Å². The monoisotopic (exact) mass is 432 g/mol. The smallest absolute Gasteiger partial charge is 0.293 e. The second-order valence-electron chi connectivity index (χ2n) is 8.59. The maximum atomic E-state index is 13.2. The van der Waals surface area contributed by atoms with Gasteiger partial charge in [-0.1, -0.05) is 22.9 Å². The van der Waals surface area contributed by atoms with E-state index in [1.165, 1.54) is 0 Å². The molecule has 1 aliphatic carbocycles. The summed E-state index contributed by atoms with van der Waals surface area (Å²) in [6.07, 6.45) is 4.52. The van der Waals surface area contributed by atoms with Gasteiger partial charge in [0, 0.05) is 24.1 Å². The summed E-state index contributed by atoms with van der Waals surface area (Å²) in [5, 5.41) is 16.1. The van der Waals surface area contributed by atoms with Crippen LogP contribution < -0.4 is 10.6 Å². The Morgan fingerprint density at radius 1 is 1.12 bits per heavy atom. The molecule has 32 heavy (non-hydrogen) atoms. The van der Waals surface area contributed by atoms with Gasteiger partial charge in [0.05, 0.1) is 11.1 Å². The maximum absolute atomic E-state index is 13.2. The Balaban J connectivity index is 1.42. The highest BCUT2D eigenvalue weighted by molar-refractivity contribution is 6.44. The van der Waals surface area contributed by atoms with Crippen LogP contribution in [-0.4, -0.2) is 37.6 Å². The van der Waals surface area contributed by atoms with Gasteiger partial charge >= 0.3 is 0 Å². The van der Waals surface area contributed by atoms with E-state index in [1.807, 2.05) is 35.8 Å². The van der Waals surface area contributed by atoms with Crippen LogP contribution in [0.2, 0.25) is 0 Å². The molecule has 2 aromatic heterocycles. The topological polar surface area (TPSA) is 122 Å². The van der Waals surface area contributed by atoms with Crippen molar-refractivity contribution in [2.24, 2.45) is 0 Å². The molecule has 1 aliphatic heterocycles. The van der Waals surface area contributed by atoms with Gasteiger partial charge in [-0.05, 0) is 57.2 Å². The fourth-order valence-corrected chi connectivity index (χ4v) is 4.53. The molecule has 0 saturated heterocycles. The molecule has 164 valence electrons. The number of H-pyrrole nitrogens is 1. The number of benzene rings is 1. The average Bonchev–Trinajstić information content (AvgIpc) is 3.14. The molecule has 0 radical (unpaired) electrons.